The third kappa shape index (κ3) is 5.45. The van der Waals surface area contributed by atoms with Crippen LogP contribution in [-0.4, -0.2) is 53.6 Å². The van der Waals surface area contributed by atoms with E-state index in [2.05, 4.69) is 23.1 Å². The van der Waals surface area contributed by atoms with Gasteiger partial charge in [-0.25, -0.2) is 0 Å². The number of nitrogens with zero attached hydrogens (tertiary/aromatic N) is 1. The molecule has 0 radical (unpaired) electrons. The Kier molecular flexibility index (Phi) is 8.56. The van der Waals surface area contributed by atoms with Crippen molar-refractivity contribution in [3.8, 4) is 12.3 Å². The molecule has 1 rings (SSSR count). The number of terminal acetylenes is 1. The molecule has 3 amide bonds. The molecule has 0 aromatic carbocycles. The Morgan fingerprint density at radius 1 is 1.38 bits per heavy atom. The molecule has 7 heteroatoms. The van der Waals surface area contributed by atoms with E-state index in [9.17, 15) is 19.2 Å². The quantitative estimate of drug-likeness (QED) is 0.353. The van der Waals surface area contributed by atoms with E-state index in [1.54, 1.807) is 11.8 Å². The van der Waals surface area contributed by atoms with Gasteiger partial charge in [0, 0.05) is 25.9 Å². The first-order valence-electron chi connectivity index (χ1n) is 8.83. The van der Waals surface area contributed by atoms with E-state index in [0.29, 0.717) is 19.4 Å². The van der Waals surface area contributed by atoms with Gasteiger partial charge < -0.3 is 15.5 Å². The van der Waals surface area contributed by atoms with Gasteiger partial charge in [-0.2, -0.15) is 0 Å². The second kappa shape index (κ2) is 10.4. The number of hydrogen-bond acceptors (Lipinski definition) is 4. The zero-order chi connectivity index (χ0) is 19.7. The van der Waals surface area contributed by atoms with Gasteiger partial charge in [0.1, 0.15) is 6.04 Å². The largest absolute Gasteiger partial charge is 0.346 e. The lowest BCUT2D eigenvalue weighted by Crippen LogP contribution is -2.54. The Bertz CT molecular complexity index is 608. The number of likely N-dealkylation sites (tertiary alicyclic amines) is 1. The number of carbonyl (C=O) groups is 4. The zero-order valence-electron chi connectivity index (χ0n) is 15.4. The van der Waals surface area contributed by atoms with Gasteiger partial charge in [0.2, 0.25) is 17.6 Å². The molecule has 26 heavy (non-hydrogen) atoms. The minimum Gasteiger partial charge on any atom is -0.346 e. The Labute approximate surface area is 154 Å². The van der Waals surface area contributed by atoms with Crippen LogP contribution in [-0.2, 0) is 19.2 Å². The number of hydrogen-bond donors (Lipinski definition) is 2. The summed E-state index contributed by atoms with van der Waals surface area (Å²) in [5.41, 5.74) is 0. The summed E-state index contributed by atoms with van der Waals surface area (Å²) < 4.78 is 0. The number of Topliss-reactive ketones (excluding diaryl/α,β-unsaturated/α-hetero) is 1. The second-order valence-electron chi connectivity index (χ2n) is 6.32. The fourth-order valence-corrected chi connectivity index (χ4v) is 2.99. The summed E-state index contributed by atoms with van der Waals surface area (Å²) in [7, 11) is 0. The van der Waals surface area contributed by atoms with Crippen molar-refractivity contribution in [1.29, 1.82) is 0 Å². The lowest BCUT2D eigenvalue weighted by Gasteiger charge is -2.27. The van der Waals surface area contributed by atoms with Crippen LogP contribution >= 0.6 is 0 Å². The third-order valence-electron chi connectivity index (χ3n) is 4.43. The van der Waals surface area contributed by atoms with Gasteiger partial charge in [-0.15, -0.1) is 18.9 Å². The number of amides is 3. The van der Waals surface area contributed by atoms with E-state index < -0.39 is 29.7 Å². The summed E-state index contributed by atoms with van der Waals surface area (Å²) in [6.07, 6.45) is 8.12. The van der Waals surface area contributed by atoms with E-state index in [4.69, 9.17) is 6.42 Å². The van der Waals surface area contributed by atoms with Crippen molar-refractivity contribution < 1.29 is 19.2 Å². The van der Waals surface area contributed by atoms with Gasteiger partial charge in [0.25, 0.3) is 5.91 Å². The van der Waals surface area contributed by atoms with Crippen LogP contribution in [0, 0.1) is 18.3 Å². The number of ketones is 1. The molecule has 0 bridgehead atoms. The highest BCUT2D eigenvalue weighted by molar-refractivity contribution is 6.38. The maximum absolute atomic E-state index is 12.7. The molecule has 142 valence electrons. The summed E-state index contributed by atoms with van der Waals surface area (Å²) in [4.78, 5) is 50.6. The molecule has 0 aliphatic carbocycles. The van der Waals surface area contributed by atoms with Crippen LogP contribution in [0.25, 0.3) is 0 Å². The second-order valence-corrected chi connectivity index (χ2v) is 6.32. The molecule has 0 spiro atoms. The van der Waals surface area contributed by atoms with Crippen LogP contribution in [0.1, 0.15) is 39.5 Å². The molecule has 1 heterocycles. The molecule has 3 unspecified atom stereocenters. The molecule has 1 fully saturated rings. The lowest BCUT2D eigenvalue weighted by atomic mass is 10.00. The van der Waals surface area contributed by atoms with Crippen molar-refractivity contribution in [1.82, 2.24) is 15.5 Å². The highest BCUT2D eigenvalue weighted by Gasteiger charge is 2.40. The van der Waals surface area contributed by atoms with Gasteiger partial charge in [-0.05, 0) is 18.8 Å². The first kappa shape index (κ1) is 21.4. The van der Waals surface area contributed by atoms with E-state index in [1.165, 1.54) is 6.08 Å². The van der Waals surface area contributed by atoms with Gasteiger partial charge >= 0.3 is 0 Å². The minimum absolute atomic E-state index is 0.0246. The summed E-state index contributed by atoms with van der Waals surface area (Å²) in [6.45, 7) is 7.76. The third-order valence-corrected chi connectivity index (χ3v) is 4.43. The standard InChI is InChI=1S/C19H27N3O4/c1-5-8-9-14(17(24)19(26)20-11-6-2)21-18(25)16-13(4)10-12-22(16)15(23)7-3/h1,6,13-14,16H,2,7-12H2,3-4H3,(H,20,26)(H,21,25). The highest BCUT2D eigenvalue weighted by Crippen LogP contribution is 2.25. The fourth-order valence-electron chi connectivity index (χ4n) is 2.99. The Hall–Kier alpha value is -2.62. The normalized spacial score (nSPS) is 20.0. The Balaban J connectivity index is 2.88. The molecule has 0 saturated carbocycles. The van der Waals surface area contributed by atoms with Gasteiger partial charge in [0.15, 0.2) is 0 Å². The molecule has 2 N–H and O–H groups in total. The summed E-state index contributed by atoms with van der Waals surface area (Å²) in [5.74, 6) is 0.295. The Morgan fingerprint density at radius 3 is 2.65 bits per heavy atom. The van der Waals surface area contributed by atoms with E-state index >= 15 is 0 Å². The lowest BCUT2D eigenvalue weighted by molar-refractivity contribution is -0.142. The molecule has 0 aromatic heterocycles. The van der Waals surface area contributed by atoms with E-state index in [-0.39, 0.29) is 31.2 Å². The van der Waals surface area contributed by atoms with Crippen molar-refractivity contribution in [2.75, 3.05) is 13.1 Å². The van der Waals surface area contributed by atoms with Crippen LogP contribution in [0.15, 0.2) is 12.7 Å². The van der Waals surface area contributed by atoms with Crippen LogP contribution < -0.4 is 10.6 Å². The summed E-state index contributed by atoms with van der Waals surface area (Å²) in [6, 6.07) is -1.66. The first-order chi connectivity index (χ1) is 12.4. The van der Waals surface area contributed by atoms with Gasteiger partial charge in [-0.1, -0.05) is 19.9 Å². The topological polar surface area (TPSA) is 95.6 Å². The average Bonchev–Trinajstić information content (AvgIpc) is 3.03. The Morgan fingerprint density at radius 2 is 2.08 bits per heavy atom. The smallest absolute Gasteiger partial charge is 0.289 e. The van der Waals surface area contributed by atoms with Crippen molar-refractivity contribution in [3.05, 3.63) is 12.7 Å². The summed E-state index contributed by atoms with van der Waals surface area (Å²) in [5, 5.41) is 5.03. The monoisotopic (exact) mass is 361 g/mol. The molecule has 3 atom stereocenters. The van der Waals surface area contributed by atoms with Crippen molar-refractivity contribution in [2.24, 2.45) is 5.92 Å². The van der Waals surface area contributed by atoms with E-state index in [1.807, 2.05) is 6.92 Å². The molecular formula is C19H27N3O4. The van der Waals surface area contributed by atoms with Crippen molar-refractivity contribution >= 4 is 23.5 Å². The van der Waals surface area contributed by atoms with Crippen LogP contribution in [0.3, 0.4) is 0 Å². The SMILES string of the molecule is C#CCCC(NC(=O)C1C(C)CCN1C(=O)CC)C(=O)C(=O)NCC=C. The minimum atomic E-state index is -1.02. The number of carbonyl (C=O) groups excluding carboxylic acids is 4. The number of rotatable bonds is 9. The van der Waals surface area contributed by atoms with Crippen molar-refractivity contribution in [2.45, 2.75) is 51.6 Å². The summed E-state index contributed by atoms with van der Waals surface area (Å²) >= 11 is 0. The first-order valence-corrected chi connectivity index (χ1v) is 8.83. The average molecular weight is 361 g/mol. The predicted molar refractivity (Wildman–Crippen MR) is 97.8 cm³/mol. The predicted octanol–water partition coefficient (Wildman–Crippen LogP) is 0.403. The van der Waals surface area contributed by atoms with Crippen LogP contribution in [0.2, 0.25) is 0 Å². The molecule has 1 aliphatic rings. The van der Waals surface area contributed by atoms with Crippen LogP contribution in [0.4, 0.5) is 0 Å². The van der Waals surface area contributed by atoms with Crippen LogP contribution in [0.5, 0.6) is 0 Å². The molecular weight excluding hydrogens is 334 g/mol. The highest BCUT2D eigenvalue weighted by atomic mass is 16.2. The van der Waals surface area contributed by atoms with Gasteiger partial charge in [0.05, 0.1) is 6.04 Å². The maximum atomic E-state index is 12.7. The van der Waals surface area contributed by atoms with E-state index in [0.717, 1.165) is 0 Å². The zero-order valence-corrected chi connectivity index (χ0v) is 15.4. The fraction of sp³-hybridized carbons (Fsp3) is 0.579. The molecule has 1 saturated heterocycles. The van der Waals surface area contributed by atoms with Gasteiger partial charge in [-0.3, -0.25) is 19.2 Å². The maximum Gasteiger partial charge on any atom is 0.289 e. The molecule has 7 nitrogen and oxygen atoms in total. The molecule has 0 aromatic rings. The van der Waals surface area contributed by atoms with Crippen molar-refractivity contribution in [3.63, 3.8) is 0 Å². The number of nitrogens with one attached hydrogen (secondary N) is 2. The molecule has 1 aliphatic heterocycles.